The van der Waals surface area contributed by atoms with Gasteiger partial charge in [-0.25, -0.2) is 9.18 Å². The number of aromatic hydroxyl groups is 1. The van der Waals surface area contributed by atoms with Crippen LogP contribution in [0.15, 0.2) is 18.2 Å². The van der Waals surface area contributed by atoms with Gasteiger partial charge in [0, 0.05) is 11.6 Å². The van der Waals surface area contributed by atoms with Crippen molar-refractivity contribution in [3.8, 4) is 5.75 Å². The Labute approximate surface area is 137 Å². The van der Waals surface area contributed by atoms with Gasteiger partial charge in [-0.15, -0.1) is 0 Å². The Kier molecular flexibility index (Phi) is 5.50. The Hall–Kier alpha value is -1.78. The van der Waals surface area contributed by atoms with Gasteiger partial charge in [0.1, 0.15) is 17.2 Å². The molecular weight excluding hydrogens is 297 g/mol. The summed E-state index contributed by atoms with van der Waals surface area (Å²) in [6, 6.07) is 4.21. The molecule has 1 aromatic rings. The lowest BCUT2D eigenvalue weighted by molar-refractivity contribution is 0.00954. The van der Waals surface area contributed by atoms with Gasteiger partial charge in [-0.3, -0.25) is 0 Å². The van der Waals surface area contributed by atoms with E-state index in [4.69, 9.17) is 4.74 Å². The summed E-state index contributed by atoms with van der Waals surface area (Å²) in [4.78, 5) is 14.2. The van der Waals surface area contributed by atoms with Crippen molar-refractivity contribution >= 4 is 6.09 Å². The molecule has 4 nitrogen and oxygen atoms in total. The number of phenols is 1. The van der Waals surface area contributed by atoms with Gasteiger partial charge in [-0.05, 0) is 45.7 Å². The van der Waals surface area contributed by atoms with Gasteiger partial charge in [-0.2, -0.15) is 0 Å². The van der Waals surface area contributed by atoms with E-state index < -0.39 is 17.5 Å². The quantitative estimate of drug-likeness (QED) is 0.884. The smallest absolute Gasteiger partial charge is 0.410 e. The highest BCUT2D eigenvalue weighted by Gasteiger charge is 2.30. The van der Waals surface area contributed by atoms with Crippen molar-refractivity contribution in [3.05, 3.63) is 29.6 Å². The maximum absolute atomic E-state index is 14.0. The van der Waals surface area contributed by atoms with E-state index in [0.29, 0.717) is 0 Å². The predicted octanol–water partition coefficient (Wildman–Crippen LogP) is 4.60. The molecule has 23 heavy (non-hydrogen) atoms. The Morgan fingerprint density at radius 1 is 1.30 bits per heavy atom. The number of halogens is 1. The van der Waals surface area contributed by atoms with E-state index in [-0.39, 0.29) is 23.9 Å². The molecule has 0 aromatic heterocycles. The minimum absolute atomic E-state index is 0.0256. The lowest BCUT2D eigenvalue weighted by Crippen LogP contribution is -2.44. The summed E-state index contributed by atoms with van der Waals surface area (Å²) >= 11 is 0. The highest BCUT2D eigenvalue weighted by atomic mass is 19.1. The van der Waals surface area contributed by atoms with Crippen LogP contribution in [0.2, 0.25) is 0 Å². The molecule has 1 aliphatic rings. The van der Waals surface area contributed by atoms with Crippen molar-refractivity contribution < 1.29 is 19.0 Å². The number of carbonyl (C=O) groups excluding carboxylic acids is 1. The van der Waals surface area contributed by atoms with Crippen molar-refractivity contribution in [2.75, 3.05) is 0 Å². The number of carbonyl (C=O) groups is 1. The monoisotopic (exact) mass is 323 g/mol. The average Bonchev–Trinajstić information content (AvgIpc) is 2.46. The minimum atomic E-state index is -0.610. The first kappa shape index (κ1) is 17.6. The maximum Gasteiger partial charge on any atom is 0.410 e. The van der Waals surface area contributed by atoms with Crippen LogP contribution in [0.3, 0.4) is 0 Å². The zero-order chi connectivity index (χ0) is 17.0. The number of rotatable bonds is 3. The Morgan fingerprint density at radius 2 is 1.96 bits per heavy atom. The summed E-state index contributed by atoms with van der Waals surface area (Å²) in [5.41, 5.74) is -0.467. The molecule has 0 spiro atoms. The van der Waals surface area contributed by atoms with Gasteiger partial charge < -0.3 is 14.7 Å². The fourth-order valence-electron chi connectivity index (χ4n) is 2.93. The van der Waals surface area contributed by atoms with Crippen LogP contribution in [-0.4, -0.2) is 27.7 Å². The SMILES string of the molecule is CC(C)(C)OC(=O)N(Cc1c(O)cccc1F)C1CCCCC1. The van der Waals surface area contributed by atoms with Crippen molar-refractivity contribution in [2.45, 2.75) is 71.1 Å². The van der Waals surface area contributed by atoms with Crippen LogP contribution in [-0.2, 0) is 11.3 Å². The summed E-state index contributed by atoms with van der Waals surface area (Å²) in [6.07, 6.45) is 4.57. The van der Waals surface area contributed by atoms with Gasteiger partial charge in [-0.1, -0.05) is 25.3 Å². The normalized spacial score (nSPS) is 16.2. The minimum Gasteiger partial charge on any atom is -0.507 e. The van der Waals surface area contributed by atoms with E-state index >= 15 is 0 Å². The van der Waals surface area contributed by atoms with Gasteiger partial charge in [0.2, 0.25) is 0 Å². The second kappa shape index (κ2) is 7.20. The van der Waals surface area contributed by atoms with Crippen molar-refractivity contribution in [2.24, 2.45) is 0 Å². The van der Waals surface area contributed by atoms with E-state index in [9.17, 15) is 14.3 Å². The van der Waals surface area contributed by atoms with Crippen LogP contribution < -0.4 is 0 Å². The molecule has 0 bridgehead atoms. The molecule has 2 rings (SSSR count). The first-order chi connectivity index (χ1) is 10.8. The van der Waals surface area contributed by atoms with Crippen LogP contribution in [0.25, 0.3) is 0 Å². The van der Waals surface area contributed by atoms with Crippen molar-refractivity contribution in [1.29, 1.82) is 0 Å². The van der Waals surface area contributed by atoms with Crippen LogP contribution in [0.5, 0.6) is 5.75 Å². The summed E-state index contributed by atoms with van der Waals surface area (Å²) in [6.45, 7) is 5.46. The van der Waals surface area contributed by atoms with Gasteiger partial charge in [0.05, 0.1) is 6.54 Å². The predicted molar refractivity (Wildman–Crippen MR) is 86.7 cm³/mol. The Bertz CT molecular complexity index is 527. The highest BCUT2D eigenvalue weighted by Crippen LogP contribution is 2.29. The van der Waals surface area contributed by atoms with Gasteiger partial charge in [0.25, 0.3) is 0 Å². The summed E-state index contributed by atoms with van der Waals surface area (Å²) in [5, 5.41) is 9.93. The average molecular weight is 323 g/mol. The molecule has 1 fully saturated rings. The topological polar surface area (TPSA) is 49.8 Å². The fourth-order valence-corrected chi connectivity index (χ4v) is 2.93. The zero-order valence-corrected chi connectivity index (χ0v) is 14.1. The van der Waals surface area contributed by atoms with Crippen LogP contribution >= 0.6 is 0 Å². The van der Waals surface area contributed by atoms with E-state index in [1.807, 2.05) is 20.8 Å². The number of nitrogens with zero attached hydrogens (tertiary/aromatic N) is 1. The van der Waals surface area contributed by atoms with E-state index in [2.05, 4.69) is 0 Å². The third kappa shape index (κ3) is 4.85. The third-order valence-electron chi connectivity index (χ3n) is 4.07. The molecule has 0 atom stereocenters. The fraction of sp³-hybridized carbons (Fsp3) is 0.611. The molecular formula is C18H26FNO3. The standard InChI is InChI=1S/C18H26FNO3/c1-18(2,3)23-17(22)20(13-8-5-4-6-9-13)12-14-15(19)10-7-11-16(14)21/h7,10-11,13,21H,4-6,8-9,12H2,1-3H3. The summed E-state index contributed by atoms with van der Waals surface area (Å²) in [5.74, 6) is -0.635. The molecule has 0 unspecified atom stereocenters. The van der Waals surface area contributed by atoms with E-state index in [1.165, 1.54) is 18.2 Å². The lowest BCUT2D eigenvalue weighted by atomic mass is 9.94. The first-order valence-electron chi connectivity index (χ1n) is 8.24. The molecule has 1 N–H and O–H groups in total. The molecule has 0 heterocycles. The van der Waals surface area contributed by atoms with Crippen LogP contribution in [0, 0.1) is 5.82 Å². The van der Waals surface area contributed by atoms with Crippen molar-refractivity contribution in [1.82, 2.24) is 4.90 Å². The number of ether oxygens (including phenoxy) is 1. The molecule has 1 aromatic carbocycles. The lowest BCUT2D eigenvalue weighted by Gasteiger charge is -2.35. The largest absolute Gasteiger partial charge is 0.507 e. The van der Waals surface area contributed by atoms with Gasteiger partial charge in [0.15, 0.2) is 0 Å². The number of hydrogen-bond acceptors (Lipinski definition) is 3. The number of hydrogen-bond donors (Lipinski definition) is 1. The Morgan fingerprint density at radius 3 is 2.52 bits per heavy atom. The molecule has 0 saturated heterocycles. The molecule has 1 amide bonds. The summed E-state index contributed by atoms with van der Waals surface area (Å²) < 4.78 is 19.5. The third-order valence-corrected chi connectivity index (χ3v) is 4.07. The molecule has 128 valence electrons. The van der Waals surface area contributed by atoms with Crippen LogP contribution in [0.1, 0.15) is 58.4 Å². The number of benzene rings is 1. The highest BCUT2D eigenvalue weighted by molar-refractivity contribution is 5.68. The molecule has 1 saturated carbocycles. The number of amides is 1. The second-order valence-electron chi connectivity index (χ2n) is 7.14. The molecule has 0 radical (unpaired) electrons. The van der Waals surface area contributed by atoms with Gasteiger partial charge >= 0.3 is 6.09 Å². The van der Waals surface area contributed by atoms with Crippen LogP contribution in [0.4, 0.5) is 9.18 Å². The van der Waals surface area contributed by atoms with E-state index in [0.717, 1.165) is 32.1 Å². The molecule has 0 aliphatic heterocycles. The van der Waals surface area contributed by atoms with E-state index in [1.54, 1.807) is 4.90 Å². The molecule has 5 heteroatoms. The maximum atomic E-state index is 14.0. The van der Waals surface area contributed by atoms with Crippen molar-refractivity contribution in [3.63, 3.8) is 0 Å². The first-order valence-corrected chi connectivity index (χ1v) is 8.24. The summed E-state index contributed by atoms with van der Waals surface area (Å²) in [7, 11) is 0. The zero-order valence-electron chi connectivity index (χ0n) is 14.1. The second-order valence-corrected chi connectivity index (χ2v) is 7.14. The Balaban J connectivity index is 2.24. The molecule has 1 aliphatic carbocycles. The number of phenolic OH excluding ortho intramolecular Hbond substituents is 1.